The molecule has 1 heterocycles. The third-order valence-corrected chi connectivity index (χ3v) is 4.25. The lowest BCUT2D eigenvalue weighted by molar-refractivity contribution is -0.384. The average molecular weight is 328 g/mol. The molecule has 1 fully saturated rings. The van der Waals surface area contributed by atoms with Gasteiger partial charge in [0.05, 0.1) is 17.1 Å². The Morgan fingerprint density at radius 2 is 1.92 bits per heavy atom. The van der Waals surface area contributed by atoms with E-state index < -0.39 is 4.92 Å². The third kappa shape index (κ3) is 3.68. The number of aliphatic hydroxyl groups excluding tert-OH is 1. The zero-order valence-electron chi connectivity index (χ0n) is 13.5. The lowest BCUT2D eigenvalue weighted by Crippen LogP contribution is -2.36. The van der Waals surface area contributed by atoms with Crippen molar-refractivity contribution in [2.45, 2.75) is 44.8 Å². The van der Waals surface area contributed by atoms with E-state index in [9.17, 15) is 15.2 Å². The van der Waals surface area contributed by atoms with Gasteiger partial charge in [-0.2, -0.15) is 0 Å². The van der Waals surface area contributed by atoms with Gasteiger partial charge in [0.1, 0.15) is 5.82 Å². The first kappa shape index (κ1) is 16.3. The van der Waals surface area contributed by atoms with Crippen molar-refractivity contribution in [1.82, 2.24) is 9.97 Å². The van der Waals surface area contributed by atoms with Gasteiger partial charge < -0.3 is 10.4 Å². The number of aliphatic hydroxyl groups is 1. The van der Waals surface area contributed by atoms with Gasteiger partial charge in [0.15, 0.2) is 5.82 Å². The van der Waals surface area contributed by atoms with Crippen LogP contribution in [-0.2, 0) is 0 Å². The molecule has 0 saturated heterocycles. The van der Waals surface area contributed by atoms with Crippen LogP contribution in [0.3, 0.4) is 0 Å². The number of rotatable bonds is 4. The van der Waals surface area contributed by atoms with Gasteiger partial charge in [0.2, 0.25) is 0 Å². The largest absolute Gasteiger partial charge is 0.391 e. The monoisotopic (exact) mass is 328 g/mol. The topological polar surface area (TPSA) is 101 Å². The molecule has 2 atom stereocenters. The number of nitro groups is 1. The van der Waals surface area contributed by atoms with Crippen LogP contribution in [0.5, 0.6) is 0 Å². The van der Waals surface area contributed by atoms with Gasteiger partial charge in [-0.15, -0.1) is 0 Å². The Bertz CT molecular complexity index is 733. The van der Waals surface area contributed by atoms with Crippen molar-refractivity contribution in [2.24, 2.45) is 0 Å². The van der Waals surface area contributed by atoms with Crippen LogP contribution in [0.15, 0.2) is 30.3 Å². The molecule has 0 spiro atoms. The molecule has 0 bridgehead atoms. The van der Waals surface area contributed by atoms with E-state index in [0.717, 1.165) is 36.9 Å². The maximum atomic E-state index is 10.7. The Morgan fingerprint density at radius 1 is 1.21 bits per heavy atom. The Hall–Kier alpha value is -2.54. The summed E-state index contributed by atoms with van der Waals surface area (Å²) in [6.07, 6.45) is 3.50. The number of non-ortho nitro benzene ring substituents is 1. The van der Waals surface area contributed by atoms with E-state index >= 15 is 0 Å². The summed E-state index contributed by atoms with van der Waals surface area (Å²) in [5.41, 5.74) is 1.55. The number of hydrogen-bond donors (Lipinski definition) is 2. The van der Waals surface area contributed by atoms with Crippen LogP contribution >= 0.6 is 0 Å². The normalized spacial score (nSPS) is 20.6. The predicted octanol–water partition coefficient (Wildman–Crippen LogP) is 3.08. The summed E-state index contributed by atoms with van der Waals surface area (Å²) in [5.74, 6) is 1.18. The molecule has 0 aliphatic heterocycles. The summed E-state index contributed by atoms with van der Waals surface area (Å²) >= 11 is 0. The lowest BCUT2D eigenvalue weighted by Gasteiger charge is -2.28. The van der Waals surface area contributed by atoms with Gasteiger partial charge in [-0.1, -0.05) is 12.8 Å². The zero-order chi connectivity index (χ0) is 17.1. The Kier molecular flexibility index (Phi) is 4.71. The second-order valence-electron chi connectivity index (χ2n) is 6.12. The van der Waals surface area contributed by atoms with E-state index in [0.29, 0.717) is 11.6 Å². The van der Waals surface area contributed by atoms with E-state index in [1.165, 1.54) is 12.1 Å². The van der Waals surface area contributed by atoms with Gasteiger partial charge in [0, 0.05) is 29.5 Å². The molecule has 2 aromatic rings. The molecule has 7 heteroatoms. The zero-order valence-corrected chi connectivity index (χ0v) is 13.5. The van der Waals surface area contributed by atoms with Crippen molar-refractivity contribution >= 4 is 11.5 Å². The molecule has 1 saturated carbocycles. The fourth-order valence-electron chi connectivity index (χ4n) is 2.97. The number of benzene rings is 1. The first-order chi connectivity index (χ1) is 11.5. The number of aromatic nitrogens is 2. The van der Waals surface area contributed by atoms with Gasteiger partial charge in [0.25, 0.3) is 5.69 Å². The van der Waals surface area contributed by atoms with Gasteiger partial charge in [-0.05, 0) is 31.9 Å². The molecule has 1 aliphatic rings. The molecule has 1 aliphatic carbocycles. The summed E-state index contributed by atoms with van der Waals surface area (Å²) in [6.45, 7) is 1.87. The molecule has 1 aromatic carbocycles. The first-order valence-corrected chi connectivity index (χ1v) is 8.08. The highest BCUT2D eigenvalue weighted by Crippen LogP contribution is 2.24. The van der Waals surface area contributed by atoms with Crippen LogP contribution in [0.4, 0.5) is 11.5 Å². The quantitative estimate of drug-likeness (QED) is 0.660. The molecular weight excluding hydrogens is 308 g/mol. The standard InChI is InChI=1S/C17H20N4O3/c1-11-10-16(19-14-4-2-3-5-15(14)22)20-17(18-11)12-6-8-13(9-7-12)21(23)24/h6-10,14-15,22H,2-5H2,1H3,(H,18,19,20)/t14-,15-/m0/s1. The number of hydrogen-bond acceptors (Lipinski definition) is 6. The van der Waals surface area contributed by atoms with E-state index in [2.05, 4.69) is 15.3 Å². The summed E-state index contributed by atoms with van der Waals surface area (Å²) in [5, 5.41) is 24.2. The number of nitrogens with one attached hydrogen (secondary N) is 1. The average Bonchev–Trinajstić information content (AvgIpc) is 2.56. The fourth-order valence-corrected chi connectivity index (χ4v) is 2.97. The highest BCUT2D eigenvalue weighted by atomic mass is 16.6. The number of nitrogens with zero attached hydrogens (tertiary/aromatic N) is 3. The van der Waals surface area contributed by atoms with Crippen molar-refractivity contribution in [3.63, 3.8) is 0 Å². The Balaban J connectivity index is 1.84. The van der Waals surface area contributed by atoms with Crippen LogP contribution in [0, 0.1) is 17.0 Å². The maximum Gasteiger partial charge on any atom is 0.269 e. The SMILES string of the molecule is Cc1cc(N[C@H]2CCCC[C@@H]2O)nc(-c2ccc([N+](=O)[O-])cc2)n1. The second kappa shape index (κ2) is 6.92. The van der Waals surface area contributed by atoms with Crippen molar-refractivity contribution in [1.29, 1.82) is 0 Å². The molecule has 126 valence electrons. The molecule has 3 rings (SSSR count). The van der Waals surface area contributed by atoms with Crippen LogP contribution in [0.2, 0.25) is 0 Å². The van der Waals surface area contributed by atoms with Crippen LogP contribution in [0.25, 0.3) is 11.4 Å². The van der Waals surface area contributed by atoms with E-state index in [1.807, 2.05) is 13.0 Å². The van der Waals surface area contributed by atoms with E-state index in [1.54, 1.807) is 12.1 Å². The highest BCUT2D eigenvalue weighted by Gasteiger charge is 2.23. The van der Waals surface area contributed by atoms with Crippen LogP contribution in [0.1, 0.15) is 31.4 Å². The number of aryl methyl sites for hydroxylation is 1. The molecule has 7 nitrogen and oxygen atoms in total. The van der Waals surface area contributed by atoms with Gasteiger partial charge in [-0.3, -0.25) is 10.1 Å². The number of nitro benzene ring substituents is 1. The summed E-state index contributed by atoms with van der Waals surface area (Å²) in [6, 6.07) is 8.02. The molecule has 0 amide bonds. The van der Waals surface area contributed by atoms with Crippen molar-refractivity contribution < 1.29 is 10.0 Å². The van der Waals surface area contributed by atoms with E-state index in [4.69, 9.17) is 0 Å². The highest BCUT2D eigenvalue weighted by molar-refractivity contribution is 5.59. The maximum absolute atomic E-state index is 10.7. The Labute approximate surface area is 139 Å². The lowest BCUT2D eigenvalue weighted by atomic mass is 9.92. The van der Waals surface area contributed by atoms with Crippen molar-refractivity contribution in [2.75, 3.05) is 5.32 Å². The van der Waals surface area contributed by atoms with E-state index in [-0.39, 0.29) is 17.8 Å². The summed E-state index contributed by atoms with van der Waals surface area (Å²) in [4.78, 5) is 19.2. The van der Waals surface area contributed by atoms with Gasteiger partial charge in [-0.25, -0.2) is 9.97 Å². The molecule has 0 radical (unpaired) electrons. The summed E-state index contributed by atoms with van der Waals surface area (Å²) in [7, 11) is 0. The van der Waals surface area contributed by atoms with Crippen LogP contribution in [-0.4, -0.2) is 32.1 Å². The van der Waals surface area contributed by atoms with Gasteiger partial charge >= 0.3 is 0 Å². The minimum Gasteiger partial charge on any atom is -0.391 e. The van der Waals surface area contributed by atoms with Crippen molar-refractivity contribution in [3.05, 3.63) is 46.1 Å². The minimum absolute atomic E-state index is 0.00207. The smallest absolute Gasteiger partial charge is 0.269 e. The Morgan fingerprint density at radius 3 is 2.58 bits per heavy atom. The number of anilines is 1. The first-order valence-electron chi connectivity index (χ1n) is 8.08. The fraction of sp³-hybridized carbons (Fsp3) is 0.412. The molecular formula is C17H20N4O3. The predicted molar refractivity (Wildman–Crippen MR) is 90.7 cm³/mol. The summed E-state index contributed by atoms with van der Waals surface area (Å²) < 4.78 is 0. The molecule has 1 aromatic heterocycles. The second-order valence-corrected chi connectivity index (χ2v) is 6.12. The van der Waals surface area contributed by atoms with Crippen molar-refractivity contribution in [3.8, 4) is 11.4 Å². The minimum atomic E-state index is -0.432. The third-order valence-electron chi connectivity index (χ3n) is 4.25. The van der Waals surface area contributed by atoms with Crippen LogP contribution < -0.4 is 5.32 Å². The molecule has 24 heavy (non-hydrogen) atoms. The molecule has 0 unspecified atom stereocenters. The molecule has 2 N–H and O–H groups in total.